The van der Waals surface area contributed by atoms with Gasteiger partial charge in [0.15, 0.2) is 11.7 Å². The molecule has 10 nitrogen and oxygen atoms in total. The quantitative estimate of drug-likeness (QED) is 0.629. The lowest BCUT2D eigenvalue weighted by molar-refractivity contribution is -0.138. The van der Waals surface area contributed by atoms with Crippen molar-refractivity contribution >= 4 is 39.9 Å². The molecule has 156 valence electrons. The first-order valence-electron chi connectivity index (χ1n) is 9.17. The molecule has 0 saturated carbocycles. The molecule has 1 aromatic carbocycles. The van der Waals surface area contributed by atoms with Crippen molar-refractivity contribution in [2.75, 3.05) is 31.1 Å². The van der Waals surface area contributed by atoms with E-state index < -0.39 is 5.97 Å². The molecule has 2 aromatic heterocycles. The summed E-state index contributed by atoms with van der Waals surface area (Å²) in [6.07, 6.45) is 1.65. The molecule has 0 unspecified atom stereocenters. The smallest absolute Gasteiger partial charge is 0.327 e. The molecule has 0 radical (unpaired) electrons. The minimum absolute atomic E-state index is 0.00268. The van der Waals surface area contributed by atoms with Gasteiger partial charge in [-0.1, -0.05) is 22.9 Å². The molecule has 1 aliphatic heterocycles. The highest BCUT2D eigenvalue weighted by atomic mass is 35.5. The molecule has 1 N–H and O–H groups in total. The number of hydrogen-bond acceptors (Lipinski definition) is 8. The van der Waals surface area contributed by atoms with Gasteiger partial charge in [-0.2, -0.15) is 4.80 Å². The highest BCUT2D eigenvalue weighted by Crippen LogP contribution is 2.29. The minimum atomic E-state index is -1.04. The van der Waals surface area contributed by atoms with Crippen molar-refractivity contribution in [2.24, 2.45) is 0 Å². The number of rotatable bonds is 5. The Labute approximate surface area is 180 Å². The van der Waals surface area contributed by atoms with Gasteiger partial charge in [-0.05, 0) is 35.9 Å². The highest BCUT2D eigenvalue weighted by molar-refractivity contribution is 7.18. The fraction of sp³-hybridized carbons (Fsp3) is 0.333. The molecule has 0 bridgehead atoms. The van der Waals surface area contributed by atoms with E-state index in [2.05, 4.69) is 25.3 Å². The van der Waals surface area contributed by atoms with Crippen molar-refractivity contribution in [3.05, 3.63) is 40.5 Å². The minimum Gasteiger partial charge on any atom is -0.480 e. The zero-order valence-electron chi connectivity index (χ0n) is 16.0. The number of carbonyl (C=O) groups excluding carboxylic acids is 1. The van der Waals surface area contributed by atoms with E-state index in [1.165, 1.54) is 11.3 Å². The largest absolute Gasteiger partial charge is 0.480 e. The Morgan fingerprint density at radius 2 is 2.00 bits per heavy atom. The van der Waals surface area contributed by atoms with E-state index in [0.717, 1.165) is 15.5 Å². The van der Waals surface area contributed by atoms with Crippen LogP contribution < -0.4 is 4.90 Å². The van der Waals surface area contributed by atoms with E-state index in [9.17, 15) is 9.59 Å². The third-order valence-corrected chi connectivity index (χ3v) is 5.99. The van der Waals surface area contributed by atoms with Crippen LogP contribution in [0.1, 0.15) is 15.9 Å². The molecule has 1 fully saturated rings. The van der Waals surface area contributed by atoms with Crippen molar-refractivity contribution in [2.45, 2.75) is 13.5 Å². The van der Waals surface area contributed by atoms with E-state index in [4.69, 9.17) is 16.7 Å². The number of halogens is 1. The number of tetrazole rings is 1. The lowest BCUT2D eigenvalue weighted by Gasteiger charge is -2.34. The second kappa shape index (κ2) is 8.36. The van der Waals surface area contributed by atoms with Gasteiger partial charge in [-0.25, -0.2) is 4.98 Å². The topological polar surface area (TPSA) is 117 Å². The maximum absolute atomic E-state index is 12.8. The fourth-order valence-corrected chi connectivity index (χ4v) is 4.30. The third kappa shape index (κ3) is 4.26. The lowest BCUT2D eigenvalue weighted by Crippen LogP contribution is -2.48. The van der Waals surface area contributed by atoms with Crippen LogP contribution in [0.4, 0.5) is 5.13 Å². The Morgan fingerprint density at radius 3 is 2.70 bits per heavy atom. The van der Waals surface area contributed by atoms with Crippen LogP contribution in [0.5, 0.6) is 0 Å². The van der Waals surface area contributed by atoms with E-state index in [0.29, 0.717) is 47.5 Å². The van der Waals surface area contributed by atoms with E-state index in [-0.39, 0.29) is 12.5 Å². The van der Waals surface area contributed by atoms with Crippen LogP contribution in [0.2, 0.25) is 5.02 Å². The van der Waals surface area contributed by atoms with Gasteiger partial charge in [-0.3, -0.25) is 9.59 Å². The van der Waals surface area contributed by atoms with Gasteiger partial charge in [0.1, 0.15) is 0 Å². The molecule has 0 atom stereocenters. The van der Waals surface area contributed by atoms with Crippen LogP contribution in [-0.2, 0) is 11.3 Å². The van der Waals surface area contributed by atoms with Crippen molar-refractivity contribution < 1.29 is 14.7 Å². The Bertz CT molecular complexity index is 1090. The Balaban J connectivity index is 1.39. The summed E-state index contributed by atoms with van der Waals surface area (Å²) in [6, 6.07) is 5.29. The maximum Gasteiger partial charge on any atom is 0.327 e. The number of carboxylic acid groups (broad SMARTS) is 1. The second-order valence-corrected chi connectivity index (χ2v) is 8.23. The predicted molar refractivity (Wildman–Crippen MR) is 111 cm³/mol. The summed E-state index contributed by atoms with van der Waals surface area (Å²) >= 11 is 7.39. The SMILES string of the molecule is Cc1cc(Cl)ccc1C(=O)N1CCN(c2ncc(-c3nnn(CC(=O)O)n3)s2)CC1. The molecule has 12 heteroatoms. The monoisotopic (exact) mass is 447 g/mol. The number of aryl methyl sites for hydroxylation is 1. The number of aliphatic carboxylic acids is 1. The summed E-state index contributed by atoms with van der Waals surface area (Å²) < 4.78 is 0. The zero-order chi connectivity index (χ0) is 21.3. The molecular weight excluding hydrogens is 430 g/mol. The van der Waals surface area contributed by atoms with E-state index >= 15 is 0 Å². The van der Waals surface area contributed by atoms with Gasteiger partial charge in [-0.15, -0.1) is 10.2 Å². The van der Waals surface area contributed by atoms with E-state index in [1.807, 2.05) is 11.8 Å². The standard InChI is InChI=1S/C18H18ClN7O3S/c1-11-8-12(19)2-3-13(11)17(29)24-4-6-25(7-5-24)18-20-9-14(30-18)16-21-23-26(22-16)10-15(27)28/h2-3,8-9H,4-7,10H2,1H3,(H,27,28). The molecule has 3 heterocycles. The number of carboxylic acids is 1. The van der Waals surface area contributed by atoms with E-state index in [1.54, 1.807) is 24.4 Å². The van der Waals surface area contributed by atoms with Crippen molar-refractivity contribution in [3.8, 4) is 10.7 Å². The van der Waals surface area contributed by atoms with Gasteiger partial charge < -0.3 is 14.9 Å². The number of hydrogen-bond donors (Lipinski definition) is 1. The second-order valence-electron chi connectivity index (χ2n) is 6.78. The average Bonchev–Trinajstić information content (AvgIpc) is 3.37. The normalized spacial score (nSPS) is 14.2. The Morgan fingerprint density at radius 1 is 1.23 bits per heavy atom. The summed E-state index contributed by atoms with van der Waals surface area (Å²) in [5.74, 6) is -0.694. The molecule has 1 saturated heterocycles. The van der Waals surface area contributed by atoms with Gasteiger partial charge in [0, 0.05) is 36.8 Å². The van der Waals surface area contributed by atoms with Crippen LogP contribution in [-0.4, -0.2) is 73.3 Å². The predicted octanol–water partition coefficient (Wildman–Crippen LogP) is 1.81. The first-order chi connectivity index (χ1) is 14.4. The van der Waals surface area contributed by atoms with Crippen LogP contribution >= 0.6 is 22.9 Å². The molecule has 0 aliphatic carbocycles. The molecule has 0 spiro atoms. The third-order valence-electron chi connectivity index (χ3n) is 4.70. The van der Waals surface area contributed by atoms with Crippen LogP contribution in [0.3, 0.4) is 0 Å². The molecule has 1 amide bonds. The number of anilines is 1. The first kappa shape index (κ1) is 20.2. The fourth-order valence-electron chi connectivity index (χ4n) is 3.18. The lowest BCUT2D eigenvalue weighted by atomic mass is 10.1. The van der Waals surface area contributed by atoms with Crippen LogP contribution in [0.15, 0.2) is 24.4 Å². The molecule has 30 heavy (non-hydrogen) atoms. The van der Waals surface area contributed by atoms with Crippen LogP contribution in [0.25, 0.3) is 10.7 Å². The summed E-state index contributed by atoms with van der Waals surface area (Å²) in [5.41, 5.74) is 1.53. The van der Waals surface area contributed by atoms with Gasteiger partial charge in [0.25, 0.3) is 5.91 Å². The summed E-state index contributed by atoms with van der Waals surface area (Å²) in [6.45, 7) is 4.02. The number of aromatic nitrogens is 5. The highest BCUT2D eigenvalue weighted by Gasteiger charge is 2.25. The number of thiazole rings is 1. The summed E-state index contributed by atoms with van der Waals surface area (Å²) in [4.78, 5) is 33.7. The van der Waals surface area contributed by atoms with Gasteiger partial charge >= 0.3 is 5.97 Å². The number of benzene rings is 1. The maximum atomic E-state index is 12.8. The number of amides is 1. The van der Waals surface area contributed by atoms with Gasteiger partial charge in [0.2, 0.25) is 5.82 Å². The molecular formula is C18H18ClN7O3S. The number of nitrogens with zero attached hydrogens (tertiary/aromatic N) is 7. The molecule has 3 aromatic rings. The Hall–Kier alpha value is -3.05. The van der Waals surface area contributed by atoms with Crippen molar-refractivity contribution in [1.29, 1.82) is 0 Å². The van der Waals surface area contributed by atoms with Gasteiger partial charge in [0.05, 0.1) is 11.1 Å². The molecule has 4 rings (SSSR count). The summed E-state index contributed by atoms with van der Waals surface area (Å²) in [5, 5.41) is 21.9. The zero-order valence-corrected chi connectivity index (χ0v) is 17.6. The van der Waals surface area contributed by atoms with Crippen LogP contribution in [0, 0.1) is 6.92 Å². The van der Waals surface area contributed by atoms with Crippen molar-refractivity contribution in [1.82, 2.24) is 30.1 Å². The molecule has 1 aliphatic rings. The Kier molecular flexibility index (Phi) is 5.64. The average molecular weight is 448 g/mol. The number of piperazine rings is 1. The first-order valence-corrected chi connectivity index (χ1v) is 10.4. The summed E-state index contributed by atoms with van der Waals surface area (Å²) in [7, 11) is 0. The number of carbonyl (C=O) groups is 2. The van der Waals surface area contributed by atoms with Crippen molar-refractivity contribution in [3.63, 3.8) is 0 Å².